The van der Waals surface area contributed by atoms with E-state index < -0.39 is 0 Å². The molecule has 1 aromatic heterocycles. The first kappa shape index (κ1) is 14.9. The lowest BCUT2D eigenvalue weighted by atomic mass is 10.1. The van der Waals surface area contributed by atoms with Gasteiger partial charge in [-0.05, 0) is 44.5 Å². The van der Waals surface area contributed by atoms with Gasteiger partial charge < -0.3 is 14.6 Å². The molecule has 2 rings (SSSR count). The van der Waals surface area contributed by atoms with Crippen LogP contribution in [0.25, 0.3) is 10.9 Å². The van der Waals surface area contributed by atoms with Gasteiger partial charge in [-0.2, -0.15) is 0 Å². The lowest BCUT2D eigenvalue weighted by Gasteiger charge is -2.13. The van der Waals surface area contributed by atoms with Gasteiger partial charge in [0, 0.05) is 35.2 Å². The molecule has 0 atom stereocenters. The molecule has 0 unspecified atom stereocenters. The molecule has 3 heteroatoms. The number of methoxy groups -OCH3 is 1. The molecular formula is C17H26N2O. The maximum Gasteiger partial charge on any atom is 0.119 e. The van der Waals surface area contributed by atoms with E-state index in [0.717, 1.165) is 12.3 Å². The van der Waals surface area contributed by atoms with E-state index in [1.807, 2.05) is 6.07 Å². The topological polar surface area (TPSA) is 26.2 Å². The Morgan fingerprint density at radius 1 is 1.20 bits per heavy atom. The minimum Gasteiger partial charge on any atom is -0.497 e. The van der Waals surface area contributed by atoms with Gasteiger partial charge in [-0.1, -0.05) is 13.8 Å². The van der Waals surface area contributed by atoms with Crippen molar-refractivity contribution in [2.45, 2.75) is 53.2 Å². The first-order valence-electron chi connectivity index (χ1n) is 7.36. The number of nitrogens with zero attached hydrogens (tertiary/aromatic N) is 1. The van der Waals surface area contributed by atoms with Gasteiger partial charge in [-0.25, -0.2) is 0 Å². The number of hydrogen-bond acceptors (Lipinski definition) is 2. The van der Waals surface area contributed by atoms with Crippen LogP contribution in [0.5, 0.6) is 5.75 Å². The van der Waals surface area contributed by atoms with Gasteiger partial charge in [0.25, 0.3) is 0 Å². The van der Waals surface area contributed by atoms with Gasteiger partial charge in [0.05, 0.1) is 7.11 Å². The average molecular weight is 274 g/mol. The fraction of sp³-hybridized carbons (Fsp3) is 0.529. The summed E-state index contributed by atoms with van der Waals surface area (Å²) in [5.74, 6) is 0.921. The number of nitrogens with one attached hydrogen (secondary N) is 1. The second-order valence-electron chi connectivity index (χ2n) is 5.95. The standard InChI is InChI=1S/C17H26N2O/c1-11(2)18-10-16-13(5)19(12(3)4)17-8-7-14(20-6)9-15(16)17/h7-9,11-12,18H,10H2,1-6H3. The first-order chi connectivity index (χ1) is 9.45. The molecule has 1 heterocycles. The lowest BCUT2D eigenvalue weighted by Crippen LogP contribution is -2.22. The third-order valence-electron chi connectivity index (χ3n) is 3.79. The van der Waals surface area contributed by atoms with E-state index >= 15 is 0 Å². The van der Waals surface area contributed by atoms with Crippen molar-refractivity contribution in [2.24, 2.45) is 0 Å². The molecule has 20 heavy (non-hydrogen) atoms. The van der Waals surface area contributed by atoms with Crippen molar-refractivity contribution in [3.63, 3.8) is 0 Å². The summed E-state index contributed by atoms with van der Waals surface area (Å²) in [5.41, 5.74) is 4.01. The highest BCUT2D eigenvalue weighted by atomic mass is 16.5. The smallest absolute Gasteiger partial charge is 0.119 e. The van der Waals surface area contributed by atoms with Crippen LogP contribution in [0.15, 0.2) is 18.2 Å². The Kier molecular flexibility index (Phi) is 4.39. The van der Waals surface area contributed by atoms with Gasteiger partial charge >= 0.3 is 0 Å². The fourth-order valence-electron chi connectivity index (χ4n) is 2.81. The summed E-state index contributed by atoms with van der Waals surface area (Å²) < 4.78 is 7.79. The molecule has 0 aliphatic heterocycles. The van der Waals surface area contributed by atoms with Crippen LogP contribution < -0.4 is 10.1 Å². The summed E-state index contributed by atoms with van der Waals surface area (Å²) in [4.78, 5) is 0. The van der Waals surface area contributed by atoms with E-state index in [0.29, 0.717) is 12.1 Å². The average Bonchev–Trinajstić information content (AvgIpc) is 2.67. The molecule has 0 saturated carbocycles. The molecule has 3 nitrogen and oxygen atoms in total. The molecule has 0 spiro atoms. The summed E-state index contributed by atoms with van der Waals surface area (Å²) in [6.07, 6.45) is 0. The van der Waals surface area contributed by atoms with Crippen LogP contribution in [0.4, 0.5) is 0 Å². The van der Waals surface area contributed by atoms with Crippen molar-refractivity contribution in [3.8, 4) is 5.75 Å². The molecule has 1 N–H and O–H groups in total. The zero-order valence-corrected chi connectivity index (χ0v) is 13.4. The van der Waals surface area contributed by atoms with E-state index in [1.54, 1.807) is 7.11 Å². The molecule has 0 aliphatic rings. The summed E-state index contributed by atoms with van der Waals surface area (Å²) in [5, 5.41) is 4.83. The predicted molar refractivity (Wildman–Crippen MR) is 85.6 cm³/mol. The maximum absolute atomic E-state index is 5.38. The van der Waals surface area contributed by atoms with Crippen LogP contribution in [0, 0.1) is 6.92 Å². The van der Waals surface area contributed by atoms with E-state index in [9.17, 15) is 0 Å². The highest BCUT2D eigenvalue weighted by Crippen LogP contribution is 2.31. The fourth-order valence-corrected chi connectivity index (χ4v) is 2.81. The van der Waals surface area contributed by atoms with Crippen molar-refractivity contribution in [3.05, 3.63) is 29.5 Å². The van der Waals surface area contributed by atoms with Crippen molar-refractivity contribution < 1.29 is 4.74 Å². The summed E-state index contributed by atoms with van der Waals surface area (Å²) >= 11 is 0. The number of fused-ring (bicyclic) bond motifs is 1. The van der Waals surface area contributed by atoms with Gasteiger partial charge in [-0.3, -0.25) is 0 Å². The van der Waals surface area contributed by atoms with Crippen LogP contribution in [0.3, 0.4) is 0 Å². The Morgan fingerprint density at radius 2 is 1.90 bits per heavy atom. The quantitative estimate of drug-likeness (QED) is 0.890. The highest BCUT2D eigenvalue weighted by molar-refractivity contribution is 5.87. The second kappa shape index (κ2) is 5.88. The largest absolute Gasteiger partial charge is 0.497 e. The van der Waals surface area contributed by atoms with Gasteiger partial charge in [0.1, 0.15) is 5.75 Å². The normalized spacial score (nSPS) is 11.8. The SMILES string of the molecule is COc1ccc2c(c1)c(CNC(C)C)c(C)n2C(C)C. The number of hydrogen-bond donors (Lipinski definition) is 1. The third kappa shape index (κ3) is 2.68. The molecule has 0 radical (unpaired) electrons. The van der Waals surface area contributed by atoms with Crippen molar-refractivity contribution in [2.75, 3.05) is 7.11 Å². The van der Waals surface area contributed by atoms with Crippen molar-refractivity contribution in [1.29, 1.82) is 0 Å². The summed E-state index contributed by atoms with van der Waals surface area (Å²) in [6, 6.07) is 7.30. The number of aromatic nitrogens is 1. The second-order valence-corrected chi connectivity index (χ2v) is 5.95. The van der Waals surface area contributed by atoms with E-state index in [2.05, 4.69) is 56.6 Å². The Hall–Kier alpha value is -1.48. The molecule has 2 aromatic rings. The van der Waals surface area contributed by atoms with Crippen LogP contribution in [-0.4, -0.2) is 17.7 Å². The van der Waals surface area contributed by atoms with Crippen LogP contribution in [0.1, 0.15) is 45.0 Å². The Balaban J connectivity index is 2.60. The Labute approximate surface area is 121 Å². The van der Waals surface area contributed by atoms with Crippen LogP contribution in [0.2, 0.25) is 0 Å². The summed E-state index contributed by atoms with van der Waals surface area (Å²) in [6.45, 7) is 11.9. The Morgan fingerprint density at radius 3 is 2.45 bits per heavy atom. The first-order valence-corrected chi connectivity index (χ1v) is 7.36. The zero-order chi connectivity index (χ0) is 14.9. The maximum atomic E-state index is 5.38. The van der Waals surface area contributed by atoms with Crippen molar-refractivity contribution in [1.82, 2.24) is 9.88 Å². The Bertz CT molecular complexity index is 597. The zero-order valence-electron chi connectivity index (χ0n) is 13.4. The molecule has 0 amide bonds. The molecule has 1 aromatic carbocycles. The minimum atomic E-state index is 0.457. The lowest BCUT2D eigenvalue weighted by molar-refractivity contribution is 0.415. The molecule has 110 valence electrons. The minimum absolute atomic E-state index is 0.457. The monoisotopic (exact) mass is 274 g/mol. The van der Waals surface area contributed by atoms with Gasteiger partial charge in [0.2, 0.25) is 0 Å². The third-order valence-corrected chi connectivity index (χ3v) is 3.79. The molecule has 0 fully saturated rings. The van der Waals surface area contributed by atoms with Crippen LogP contribution in [-0.2, 0) is 6.54 Å². The van der Waals surface area contributed by atoms with Crippen LogP contribution >= 0.6 is 0 Å². The predicted octanol–water partition coefficient (Wildman–Crippen LogP) is 4.04. The molecular weight excluding hydrogens is 248 g/mol. The number of rotatable bonds is 5. The van der Waals surface area contributed by atoms with E-state index in [-0.39, 0.29) is 0 Å². The molecule has 0 saturated heterocycles. The van der Waals surface area contributed by atoms with Crippen molar-refractivity contribution >= 4 is 10.9 Å². The van der Waals surface area contributed by atoms with E-state index in [4.69, 9.17) is 4.74 Å². The highest BCUT2D eigenvalue weighted by Gasteiger charge is 2.16. The van der Waals surface area contributed by atoms with Gasteiger partial charge in [0.15, 0.2) is 0 Å². The number of benzene rings is 1. The number of ether oxygens (including phenoxy) is 1. The van der Waals surface area contributed by atoms with Gasteiger partial charge in [-0.15, -0.1) is 0 Å². The molecule has 0 aliphatic carbocycles. The molecule has 0 bridgehead atoms. The van der Waals surface area contributed by atoms with E-state index in [1.165, 1.54) is 22.2 Å². The summed E-state index contributed by atoms with van der Waals surface area (Å²) in [7, 11) is 1.72.